The molecule has 0 saturated heterocycles. The van der Waals surface area contributed by atoms with Crippen LogP contribution in [0, 0.1) is 0 Å². The van der Waals surface area contributed by atoms with E-state index in [2.05, 4.69) is 20.8 Å². The Balaban J connectivity index is 2.30. The summed E-state index contributed by atoms with van der Waals surface area (Å²) < 4.78 is 7.64. The lowest BCUT2D eigenvalue weighted by molar-refractivity contribution is 0.109. The molecule has 23 heavy (non-hydrogen) atoms. The summed E-state index contributed by atoms with van der Waals surface area (Å²) in [5.41, 5.74) is 1.03. The summed E-state index contributed by atoms with van der Waals surface area (Å²) in [5.74, 6) is 0. The Kier molecular flexibility index (Phi) is 5.19. The second kappa shape index (κ2) is 6.63. The Morgan fingerprint density at radius 1 is 1.09 bits per heavy atom. The van der Waals surface area contributed by atoms with Crippen LogP contribution in [0.25, 0.3) is 5.69 Å². The van der Waals surface area contributed by atoms with Crippen molar-refractivity contribution in [2.24, 2.45) is 0 Å². The van der Waals surface area contributed by atoms with E-state index >= 15 is 0 Å². The summed E-state index contributed by atoms with van der Waals surface area (Å²) in [5, 5.41) is 0.709. The van der Waals surface area contributed by atoms with Gasteiger partial charge in [0.2, 0.25) is 9.76 Å². The number of hydrogen-bond acceptors (Lipinski definition) is 2. The van der Waals surface area contributed by atoms with E-state index in [-0.39, 0.29) is 10.6 Å². The van der Waals surface area contributed by atoms with Crippen LogP contribution >= 0.6 is 11.6 Å². The smallest absolute Gasteiger partial charge is 0.255 e. The Bertz CT molecular complexity index is 747. The minimum atomic E-state index is -0.502. The van der Waals surface area contributed by atoms with E-state index < -0.39 is 5.60 Å². The van der Waals surface area contributed by atoms with Gasteiger partial charge in [-0.05, 0) is 48.7 Å². The zero-order valence-electron chi connectivity index (χ0n) is 14.2. The fourth-order valence-electron chi connectivity index (χ4n) is 2.03. The molecule has 0 aliphatic carbocycles. The average molecular weight is 348 g/mol. The Labute approximate surface area is 145 Å². The zero-order valence-corrected chi connectivity index (χ0v) is 15.9. The van der Waals surface area contributed by atoms with Crippen molar-refractivity contribution in [3.63, 3.8) is 0 Å². The van der Waals surface area contributed by atoms with Crippen LogP contribution in [-0.2, 0) is 10.0 Å². The number of halogens is 1. The monoisotopic (exact) mass is 347 g/mol. The number of rotatable bonds is 4. The summed E-state index contributed by atoms with van der Waals surface area (Å²) in [6.45, 7) is 10.4. The third kappa shape index (κ3) is 4.80. The molecule has 0 saturated carbocycles. The molecule has 1 aromatic heterocycles. The molecule has 0 spiro atoms. The van der Waals surface area contributed by atoms with Crippen molar-refractivity contribution in [3.8, 4) is 5.69 Å². The molecule has 1 heterocycles. The van der Waals surface area contributed by atoms with Crippen LogP contribution in [0.4, 0.5) is 0 Å². The highest BCUT2D eigenvalue weighted by Gasteiger charge is 2.25. The first kappa shape index (κ1) is 18.0. The highest BCUT2D eigenvalue weighted by atomic mass is 35.5. The van der Waals surface area contributed by atoms with Gasteiger partial charge in [-0.1, -0.05) is 38.4 Å². The summed E-state index contributed by atoms with van der Waals surface area (Å²) in [7, 11) is 0.357. The largest absolute Gasteiger partial charge is 0.408 e. The lowest BCUT2D eigenvalue weighted by atomic mass is 10.00. The summed E-state index contributed by atoms with van der Waals surface area (Å²) >= 11 is 6.00. The predicted molar refractivity (Wildman–Crippen MR) is 96.6 cm³/mol. The number of hydrogen-bond donors (Lipinski definition) is 0. The highest BCUT2D eigenvalue weighted by Crippen LogP contribution is 2.28. The Morgan fingerprint density at radius 2 is 1.78 bits per heavy atom. The van der Waals surface area contributed by atoms with Gasteiger partial charge in [-0.15, -0.1) is 0 Å². The van der Waals surface area contributed by atoms with Gasteiger partial charge in [-0.3, -0.25) is 9.36 Å². The molecule has 122 valence electrons. The minimum Gasteiger partial charge on any atom is -0.408 e. The lowest BCUT2D eigenvalue weighted by Gasteiger charge is -2.29. The molecular formula is C18H22ClNO2Si. The van der Waals surface area contributed by atoms with E-state index in [1.807, 2.05) is 32.0 Å². The van der Waals surface area contributed by atoms with Crippen molar-refractivity contribution in [3.05, 3.63) is 63.5 Å². The van der Waals surface area contributed by atoms with Gasteiger partial charge < -0.3 is 4.43 Å². The maximum absolute atomic E-state index is 12.5. The molecule has 0 aliphatic heterocycles. The van der Waals surface area contributed by atoms with E-state index in [1.54, 1.807) is 29.0 Å². The SMILES string of the molecule is CC(C)(C)[Si]OC(C)(C)c1ccn(-c2cccc(Cl)c2)c(=O)c1. The van der Waals surface area contributed by atoms with E-state index in [9.17, 15) is 4.79 Å². The van der Waals surface area contributed by atoms with Crippen LogP contribution in [0.1, 0.15) is 40.2 Å². The van der Waals surface area contributed by atoms with Gasteiger partial charge in [0.25, 0.3) is 5.56 Å². The maximum Gasteiger partial charge on any atom is 0.255 e. The van der Waals surface area contributed by atoms with Crippen molar-refractivity contribution in [2.75, 3.05) is 0 Å². The first-order chi connectivity index (χ1) is 10.6. The first-order valence-corrected chi connectivity index (χ1v) is 8.81. The van der Waals surface area contributed by atoms with Crippen molar-refractivity contribution in [1.29, 1.82) is 0 Å². The lowest BCUT2D eigenvalue weighted by Crippen LogP contribution is -2.30. The molecule has 1 aromatic carbocycles. The van der Waals surface area contributed by atoms with Gasteiger partial charge in [-0.25, -0.2) is 0 Å². The molecule has 0 fully saturated rings. The molecule has 2 aromatic rings. The molecular weight excluding hydrogens is 326 g/mol. The van der Waals surface area contributed by atoms with Gasteiger partial charge in [0.1, 0.15) is 0 Å². The number of benzene rings is 1. The van der Waals surface area contributed by atoms with Gasteiger partial charge in [-0.2, -0.15) is 0 Å². The third-order valence-corrected chi connectivity index (χ3v) is 4.77. The van der Waals surface area contributed by atoms with Crippen LogP contribution in [0.5, 0.6) is 0 Å². The maximum atomic E-state index is 12.5. The van der Waals surface area contributed by atoms with Crippen molar-refractivity contribution in [1.82, 2.24) is 4.57 Å². The van der Waals surface area contributed by atoms with Crippen LogP contribution < -0.4 is 5.56 Å². The average Bonchev–Trinajstić information content (AvgIpc) is 2.44. The number of nitrogens with zero attached hydrogens (tertiary/aromatic N) is 1. The summed E-state index contributed by atoms with van der Waals surface area (Å²) in [4.78, 5) is 12.5. The van der Waals surface area contributed by atoms with Gasteiger partial charge in [0.05, 0.1) is 11.3 Å². The van der Waals surface area contributed by atoms with Crippen molar-refractivity contribution in [2.45, 2.75) is 45.3 Å². The standard InChI is InChI=1S/C18H22ClNO2Si/c1-17(2,3)23-22-18(4,5)13-9-10-20(16(21)11-13)15-8-6-7-14(19)12-15/h6-12H,1-5H3. The molecule has 2 rings (SSSR count). The van der Waals surface area contributed by atoms with E-state index in [0.717, 1.165) is 11.3 Å². The second-order valence-electron chi connectivity index (χ2n) is 7.07. The van der Waals surface area contributed by atoms with E-state index in [0.29, 0.717) is 14.8 Å². The summed E-state index contributed by atoms with van der Waals surface area (Å²) in [6.07, 6.45) is 1.77. The fourth-order valence-corrected chi connectivity index (χ4v) is 2.90. The zero-order chi connectivity index (χ0) is 17.3. The first-order valence-electron chi connectivity index (χ1n) is 7.53. The Morgan fingerprint density at radius 3 is 2.35 bits per heavy atom. The van der Waals surface area contributed by atoms with E-state index in [4.69, 9.17) is 16.0 Å². The van der Waals surface area contributed by atoms with Crippen LogP contribution in [0.2, 0.25) is 10.1 Å². The highest BCUT2D eigenvalue weighted by molar-refractivity contribution is 6.31. The van der Waals surface area contributed by atoms with Crippen LogP contribution in [0.15, 0.2) is 47.4 Å². The molecule has 5 heteroatoms. The second-order valence-corrected chi connectivity index (χ2v) is 9.41. The fraction of sp³-hybridized carbons (Fsp3) is 0.389. The van der Waals surface area contributed by atoms with Gasteiger partial charge in [0.15, 0.2) is 0 Å². The molecule has 0 aliphatic rings. The minimum absolute atomic E-state index is 0.0967. The van der Waals surface area contributed by atoms with Crippen molar-refractivity contribution >= 4 is 21.4 Å². The number of pyridine rings is 1. The molecule has 0 unspecified atom stereocenters. The van der Waals surface area contributed by atoms with Crippen LogP contribution in [-0.4, -0.2) is 14.3 Å². The molecule has 2 radical (unpaired) electrons. The molecule has 0 amide bonds. The Hall–Kier alpha value is -1.36. The molecule has 3 nitrogen and oxygen atoms in total. The molecule has 0 bridgehead atoms. The summed E-state index contributed by atoms with van der Waals surface area (Å²) in [6, 6.07) is 10.8. The normalized spacial score (nSPS) is 12.4. The molecule has 0 N–H and O–H groups in total. The third-order valence-electron chi connectivity index (χ3n) is 3.31. The van der Waals surface area contributed by atoms with Gasteiger partial charge in [0, 0.05) is 17.3 Å². The predicted octanol–water partition coefficient (Wildman–Crippen LogP) is 4.58. The van der Waals surface area contributed by atoms with Gasteiger partial charge >= 0.3 is 0 Å². The van der Waals surface area contributed by atoms with Crippen LogP contribution in [0.3, 0.4) is 0 Å². The van der Waals surface area contributed by atoms with E-state index in [1.165, 1.54) is 0 Å². The van der Waals surface area contributed by atoms with Crippen molar-refractivity contribution < 1.29 is 4.43 Å². The molecule has 0 atom stereocenters. The quantitative estimate of drug-likeness (QED) is 0.758. The topological polar surface area (TPSA) is 31.2 Å². The number of aromatic nitrogens is 1.